The SMILES string of the molecule is C=CCNC(=O)NC(=O)CN1CCC(CO)C1. The van der Waals surface area contributed by atoms with Crippen molar-refractivity contribution in [2.75, 3.05) is 32.8 Å². The lowest BCUT2D eigenvalue weighted by Gasteiger charge is -2.14. The van der Waals surface area contributed by atoms with Gasteiger partial charge in [-0.3, -0.25) is 15.0 Å². The van der Waals surface area contributed by atoms with Crippen LogP contribution in [0.15, 0.2) is 12.7 Å². The van der Waals surface area contributed by atoms with E-state index in [1.54, 1.807) is 0 Å². The van der Waals surface area contributed by atoms with Crippen molar-refractivity contribution in [2.45, 2.75) is 6.42 Å². The number of carbonyl (C=O) groups excluding carboxylic acids is 2. The molecule has 6 heteroatoms. The molecule has 0 bridgehead atoms. The number of likely N-dealkylation sites (tertiary alicyclic amines) is 1. The van der Waals surface area contributed by atoms with E-state index in [0.29, 0.717) is 13.1 Å². The second-order valence-corrected chi connectivity index (χ2v) is 4.12. The minimum atomic E-state index is -0.507. The molecule has 17 heavy (non-hydrogen) atoms. The maximum Gasteiger partial charge on any atom is 0.321 e. The van der Waals surface area contributed by atoms with E-state index in [-0.39, 0.29) is 25.0 Å². The highest BCUT2D eigenvalue weighted by molar-refractivity contribution is 5.95. The van der Waals surface area contributed by atoms with Crippen LogP contribution in [0.25, 0.3) is 0 Å². The highest BCUT2D eigenvalue weighted by Crippen LogP contribution is 2.14. The molecule has 1 fully saturated rings. The highest BCUT2D eigenvalue weighted by atomic mass is 16.3. The number of imide groups is 1. The fraction of sp³-hybridized carbons (Fsp3) is 0.636. The summed E-state index contributed by atoms with van der Waals surface area (Å²) in [6.07, 6.45) is 2.43. The van der Waals surface area contributed by atoms with Gasteiger partial charge in [0.25, 0.3) is 0 Å². The fourth-order valence-electron chi connectivity index (χ4n) is 1.78. The third kappa shape index (κ3) is 4.97. The van der Waals surface area contributed by atoms with E-state index in [4.69, 9.17) is 5.11 Å². The van der Waals surface area contributed by atoms with Gasteiger partial charge in [-0.25, -0.2) is 4.79 Å². The fourth-order valence-corrected chi connectivity index (χ4v) is 1.78. The van der Waals surface area contributed by atoms with Gasteiger partial charge in [-0.1, -0.05) is 6.08 Å². The van der Waals surface area contributed by atoms with Gasteiger partial charge in [-0.05, 0) is 18.9 Å². The number of rotatable bonds is 5. The molecule has 0 radical (unpaired) electrons. The summed E-state index contributed by atoms with van der Waals surface area (Å²) < 4.78 is 0. The van der Waals surface area contributed by atoms with Crippen molar-refractivity contribution < 1.29 is 14.7 Å². The lowest BCUT2D eigenvalue weighted by Crippen LogP contribution is -2.44. The Kier molecular flexibility index (Phi) is 5.65. The number of aliphatic hydroxyl groups is 1. The van der Waals surface area contributed by atoms with Crippen LogP contribution in [0.4, 0.5) is 4.79 Å². The molecule has 0 aromatic rings. The van der Waals surface area contributed by atoms with Crippen LogP contribution in [0.5, 0.6) is 0 Å². The normalized spacial score (nSPS) is 19.9. The zero-order valence-corrected chi connectivity index (χ0v) is 9.82. The van der Waals surface area contributed by atoms with E-state index < -0.39 is 6.03 Å². The van der Waals surface area contributed by atoms with Gasteiger partial charge < -0.3 is 10.4 Å². The first-order valence-electron chi connectivity index (χ1n) is 5.67. The molecule has 0 aromatic carbocycles. The molecule has 96 valence electrons. The van der Waals surface area contributed by atoms with E-state index in [2.05, 4.69) is 17.2 Å². The number of urea groups is 1. The topological polar surface area (TPSA) is 81.7 Å². The third-order valence-electron chi connectivity index (χ3n) is 2.66. The van der Waals surface area contributed by atoms with Crippen molar-refractivity contribution >= 4 is 11.9 Å². The molecule has 1 saturated heterocycles. The quantitative estimate of drug-likeness (QED) is 0.557. The molecule has 0 spiro atoms. The number of carbonyl (C=O) groups is 2. The molecule has 6 nitrogen and oxygen atoms in total. The zero-order valence-electron chi connectivity index (χ0n) is 9.82. The minimum absolute atomic E-state index is 0.151. The Hall–Kier alpha value is -1.40. The van der Waals surface area contributed by atoms with Crippen LogP contribution in [0.1, 0.15) is 6.42 Å². The summed E-state index contributed by atoms with van der Waals surface area (Å²) in [6.45, 7) is 5.62. The molecule has 1 aliphatic heterocycles. The molecule has 1 rings (SSSR count). The third-order valence-corrected chi connectivity index (χ3v) is 2.66. The minimum Gasteiger partial charge on any atom is -0.396 e. The monoisotopic (exact) mass is 241 g/mol. The van der Waals surface area contributed by atoms with E-state index in [1.807, 2.05) is 4.90 Å². The zero-order chi connectivity index (χ0) is 12.7. The Bertz CT molecular complexity index is 294. The maximum atomic E-state index is 11.5. The van der Waals surface area contributed by atoms with Gasteiger partial charge in [0.15, 0.2) is 0 Å². The number of nitrogens with one attached hydrogen (secondary N) is 2. The second kappa shape index (κ2) is 7.03. The lowest BCUT2D eigenvalue weighted by atomic mass is 10.1. The average Bonchev–Trinajstić information content (AvgIpc) is 2.73. The summed E-state index contributed by atoms with van der Waals surface area (Å²) >= 11 is 0. The largest absolute Gasteiger partial charge is 0.396 e. The smallest absolute Gasteiger partial charge is 0.321 e. The molecule has 0 saturated carbocycles. The van der Waals surface area contributed by atoms with Gasteiger partial charge in [-0.15, -0.1) is 6.58 Å². The van der Waals surface area contributed by atoms with E-state index in [1.165, 1.54) is 6.08 Å². The Labute approximate surface area is 101 Å². The predicted molar refractivity (Wildman–Crippen MR) is 63.4 cm³/mol. The number of hydrogen-bond acceptors (Lipinski definition) is 4. The molecule has 1 aliphatic rings. The molecule has 1 atom stereocenters. The average molecular weight is 241 g/mol. The van der Waals surface area contributed by atoms with Crippen molar-refractivity contribution in [2.24, 2.45) is 5.92 Å². The van der Waals surface area contributed by atoms with Crippen LogP contribution >= 0.6 is 0 Å². The maximum absolute atomic E-state index is 11.5. The summed E-state index contributed by atoms with van der Waals surface area (Å²) in [5, 5.41) is 13.7. The molecule has 1 unspecified atom stereocenters. The van der Waals surface area contributed by atoms with E-state index in [9.17, 15) is 9.59 Å². The van der Waals surface area contributed by atoms with Crippen molar-refractivity contribution in [3.8, 4) is 0 Å². The van der Waals surface area contributed by atoms with Crippen molar-refractivity contribution in [1.29, 1.82) is 0 Å². The number of aliphatic hydroxyl groups excluding tert-OH is 1. The highest BCUT2D eigenvalue weighted by Gasteiger charge is 2.23. The summed E-state index contributed by atoms with van der Waals surface area (Å²) in [4.78, 5) is 24.6. The van der Waals surface area contributed by atoms with Crippen molar-refractivity contribution in [1.82, 2.24) is 15.5 Å². The number of amides is 3. The van der Waals surface area contributed by atoms with Crippen LogP contribution in [0.2, 0.25) is 0 Å². The summed E-state index contributed by atoms with van der Waals surface area (Å²) in [6, 6.07) is -0.507. The van der Waals surface area contributed by atoms with Gasteiger partial charge in [-0.2, -0.15) is 0 Å². The van der Waals surface area contributed by atoms with Gasteiger partial charge in [0.05, 0.1) is 6.54 Å². The first-order valence-corrected chi connectivity index (χ1v) is 5.67. The summed E-state index contributed by atoms with van der Waals surface area (Å²) in [7, 11) is 0. The van der Waals surface area contributed by atoms with Gasteiger partial charge in [0.1, 0.15) is 0 Å². The first kappa shape index (κ1) is 13.7. The van der Waals surface area contributed by atoms with Crippen molar-refractivity contribution in [3.05, 3.63) is 12.7 Å². The molecule has 1 heterocycles. The van der Waals surface area contributed by atoms with E-state index in [0.717, 1.165) is 13.0 Å². The van der Waals surface area contributed by atoms with Crippen LogP contribution in [-0.4, -0.2) is 54.7 Å². The Morgan fingerprint density at radius 2 is 2.29 bits per heavy atom. The van der Waals surface area contributed by atoms with Crippen LogP contribution in [0, 0.1) is 5.92 Å². The van der Waals surface area contributed by atoms with E-state index >= 15 is 0 Å². The molecule has 3 amide bonds. The molecule has 0 aliphatic carbocycles. The number of hydrogen-bond donors (Lipinski definition) is 3. The van der Waals surface area contributed by atoms with Gasteiger partial charge in [0.2, 0.25) is 5.91 Å². The summed E-state index contributed by atoms with van der Waals surface area (Å²) in [5.74, 6) is -0.0810. The van der Waals surface area contributed by atoms with Gasteiger partial charge in [0, 0.05) is 19.7 Å². The van der Waals surface area contributed by atoms with Crippen molar-refractivity contribution in [3.63, 3.8) is 0 Å². The molecular weight excluding hydrogens is 222 g/mol. The number of nitrogens with zero attached hydrogens (tertiary/aromatic N) is 1. The van der Waals surface area contributed by atoms with Crippen LogP contribution in [0.3, 0.4) is 0 Å². The van der Waals surface area contributed by atoms with Crippen LogP contribution in [-0.2, 0) is 4.79 Å². The molecule has 3 N–H and O–H groups in total. The predicted octanol–water partition coefficient (Wildman–Crippen LogP) is -0.688. The Morgan fingerprint density at radius 3 is 2.88 bits per heavy atom. The first-order chi connectivity index (χ1) is 8.15. The van der Waals surface area contributed by atoms with Crippen LogP contribution < -0.4 is 10.6 Å². The van der Waals surface area contributed by atoms with Gasteiger partial charge >= 0.3 is 6.03 Å². The Balaban J connectivity index is 2.21. The lowest BCUT2D eigenvalue weighted by molar-refractivity contribution is -0.120. The standard InChI is InChI=1S/C11H19N3O3/c1-2-4-12-11(17)13-10(16)7-14-5-3-9(6-14)8-15/h2,9,15H,1,3-8H2,(H2,12,13,16,17). The Morgan fingerprint density at radius 1 is 1.53 bits per heavy atom. The second-order valence-electron chi connectivity index (χ2n) is 4.12. The summed E-state index contributed by atoms with van der Waals surface area (Å²) in [5.41, 5.74) is 0. The molecular formula is C11H19N3O3. The molecule has 0 aromatic heterocycles.